The van der Waals surface area contributed by atoms with E-state index >= 15 is 0 Å². The highest BCUT2D eigenvalue weighted by molar-refractivity contribution is 7.10. The SMILES string of the molecule is O=C(CCN1CCCCC1)N1CCC(c2cc(C(=O)N3CCC[C@H]4CCCC[C@H]43)cs2)CC1. The standard InChI is InChI=1S/C27H41N3O2S/c31-26(12-16-28-13-4-1-5-14-28)29-17-10-22(11-18-29)25-19-23(20-33-25)27(32)30-15-6-8-21-7-2-3-9-24(21)30/h19-22,24H,1-18H2/t21-,24-/m1/s1. The maximum atomic E-state index is 13.4. The third-order valence-corrected chi connectivity index (χ3v) is 9.81. The highest BCUT2D eigenvalue weighted by Crippen LogP contribution is 2.37. The number of carbonyl (C=O) groups is 2. The topological polar surface area (TPSA) is 43.9 Å². The van der Waals surface area contributed by atoms with Crippen molar-refractivity contribution in [2.75, 3.05) is 39.3 Å². The van der Waals surface area contributed by atoms with E-state index in [4.69, 9.17) is 0 Å². The molecule has 0 N–H and O–H groups in total. The van der Waals surface area contributed by atoms with Crippen LogP contribution in [0.15, 0.2) is 11.4 Å². The lowest BCUT2D eigenvalue weighted by molar-refractivity contribution is -0.132. The number of nitrogens with zero attached hydrogens (tertiary/aromatic N) is 3. The van der Waals surface area contributed by atoms with Gasteiger partial charge in [0.25, 0.3) is 5.91 Å². The van der Waals surface area contributed by atoms with Crippen molar-refractivity contribution in [3.8, 4) is 0 Å². The Morgan fingerprint density at radius 1 is 0.848 bits per heavy atom. The minimum Gasteiger partial charge on any atom is -0.343 e. The quantitative estimate of drug-likeness (QED) is 0.598. The highest BCUT2D eigenvalue weighted by Gasteiger charge is 2.36. The summed E-state index contributed by atoms with van der Waals surface area (Å²) in [6, 6.07) is 2.65. The maximum Gasteiger partial charge on any atom is 0.254 e. The summed E-state index contributed by atoms with van der Waals surface area (Å²) in [5.74, 6) is 1.81. The number of piperidine rings is 3. The Hall–Kier alpha value is -1.40. The normalized spacial score (nSPS) is 27.4. The van der Waals surface area contributed by atoms with Gasteiger partial charge < -0.3 is 14.7 Å². The second-order valence-corrected chi connectivity index (χ2v) is 11.7. The molecule has 1 aromatic rings. The first-order valence-electron chi connectivity index (χ1n) is 13.6. The van der Waals surface area contributed by atoms with Crippen LogP contribution >= 0.6 is 11.3 Å². The molecule has 5 nitrogen and oxygen atoms in total. The van der Waals surface area contributed by atoms with Crippen LogP contribution in [0, 0.1) is 5.92 Å². The third-order valence-electron chi connectivity index (χ3n) is 8.71. The van der Waals surface area contributed by atoms with Gasteiger partial charge in [0.15, 0.2) is 0 Å². The molecule has 0 radical (unpaired) electrons. The van der Waals surface area contributed by atoms with Crippen LogP contribution in [0.2, 0.25) is 0 Å². The van der Waals surface area contributed by atoms with Crippen LogP contribution in [0.1, 0.15) is 98.2 Å². The van der Waals surface area contributed by atoms with E-state index in [1.54, 1.807) is 11.3 Å². The number of carbonyl (C=O) groups excluding carboxylic acids is 2. The fourth-order valence-corrected chi connectivity index (χ4v) is 7.79. The summed E-state index contributed by atoms with van der Waals surface area (Å²) in [5.41, 5.74) is 0.904. The van der Waals surface area contributed by atoms with Crippen LogP contribution in [0.25, 0.3) is 0 Å². The lowest BCUT2D eigenvalue weighted by Gasteiger charge is -2.44. The smallest absolute Gasteiger partial charge is 0.254 e. The Bertz CT molecular complexity index is 808. The molecule has 0 bridgehead atoms. The molecule has 3 aliphatic heterocycles. The monoisotopic (exact) mass is 471 g/mol. The lowest BCUT2D eigenvalue weighted by atomic mass is 9.78. The molecule has 3 saturated heterocycles. The summed E-state index contributed by atoms with van der Waals surface area (Å²) in [4.78, 5) is 34.2. The molecular formula is C27H41N3O2S. The molecular weight excluding hydrogens is 430 g/mol. The van der Waals surface area contributed by atoms with Gasteiger partial charge in [0.2, 0.25) is 5.91 Å². The molecule has 2 atom stereocenters. The molecule has 0 spiro atoms. The van der Waals surface area contributed by atoms with Crippen LogP contribution in [0.5, 0.6) is 0 Å². The number of likely N-dealkylation sites (tertiary alicyclic amines) is 3. The van der Waals surface area contributed by atoms with Crippen molar-refractivity contribution in [3.05, 3.63) is 21.9 Å². The third kappa shape index (κ3) is 5.48. The summed E-state index contributed by atoms with van der Waals surface area (Å²) < 4.78 is 0. The van der Waals surface area contributed by atoms with Crippen molar-refractivity contribution in [3.63, 3.8) is 0 Å². The van der Waals surface area contributed by atoms with E-state index in [0.717, 1.165) is 70.0 Å². The molecule has 1 aromatic heterocycles. The zero-order valence-corrected chi connectivity index (χ0v) is 21.0. The molecule has 182 valence electrons. The van der Waals surface area contributed by atoms with Crippen molar-refractivity contribution < 1.29 is 9.59 Å². The molecule has 1 saturated carbocycles. The van der Waals surface area contributed by atoms with Gasteiger partial charge in [-0.15, -0.1) is 11.3 Å². The first-order valence-corrected chi connectivity index (χ1v) is 14.5. The second kappa shape index (κ2) is 10.9. The van der Waals surface area contributed by atoms with Crippen molar-refractivity contribution in [2.45, 2.75) is 89.0 Å². The van der Waals surface area contributed by atoms with Gasteiger partial charge in [-0.3, -0.25) is 9.59 Å². The number of hydrogen-bond acceptors (Lipinski definition) is 4. The van der Waals surface area contributed by atoms with E-state index in [-0.39, 0.29) is 5.91 Å². The Morgan fingerprint density at radius 2 is 1.61 bits per heavy atom. The lowest BCUT2D eigenvalue weighted by Crippen LogP contribution is -2.49. The summed E-state index contributed by atoms with van der Waals surface area (Å²) in [6.07, 6.45) is 14.2. The fourth-order valence-electron chi connectivity index (χ4n) is 6.73. The summed E-state index contributed by atoms with van der Waals surface area (Å²) in [6.45, 7) is 5.90. The van der Waals surface area contributed by atoms with E-state index in [2.05, 4.69) is 26.1 Å². The molecule has 5 rings (SSSR count). The maximum absolute atomic E-state index is 13.4. The van der Waals surface area contributed by atoms with Crippen LogP contribution in [0.4, 0.5) is 0 Å². The van der Waals surface area contributed by atoms with Gasteiger partial charge in [0, 0.05) is 48.9 Å². The van der Waals surface area contributed by atoms with Crippen molar-refractivity contribution >= 4 is 23.2 Å². The molecule has 0 aromatic carbocycles. The predicted molar refractivity (Wildman–Crippen MR) is 134 cm³/mol. The van der Waals surface area contributed by atoms with Crippen molar-refractivity contribution in [1.29, 1.82) is 0 Å². The number of hydrogen-bond donors (Lipinski definition) is 0. The van der Waals surface area contributed by atoms with E-state index in [1.165, 1.54) is 56.2 Å². The highest BCUT2D eigenvalue weighted by atomic mass is 32.1. The Kier molecular flexibility index (Phi) is 7.71. The Morgan fingerprint density at radius 3 is 2.42 bits per heavy atom. The van der Waals surface area contributed by atoms with Crippen molar-refractivity contribution in [2.24, 2.45) is 5.92 Å². The van der Waals surface area contributed by atoms with Crippen LogP contribution in [-0.2, 0) is 4.79 Å². The predicted octanol–water partition coefficient (Wildman–Crippen LogP) is 5.12. The summed E-state index contributed by atoms with van der Waals surface area (Å²) >= 11 is 1.76. The minimum atomic E-state index is 0.263. The molecule has 2 amide bonds. The van der Waals surface area contributed by atoms with E-state index in [0.29, 0.717) is 24.3 Å². The zero-order valence-electron chi connectivity index (χ0n) is 20.2. The zero-order chi connectivity index (χ0) is 22.6. The van der Waals surface area contributed by atoms with Crippen LogP contribution < -0.4 is 0 Å². The first-order chi connectivity index (χ1) is 16.2. The molecule has 33 heavy (non-hydrogen) atoms. The van der Waals surface area contributed by atoms with Gasteiger partial charge >= 0.3 is 0 Å². The molecule has 4 aliphatic rings. The average molecular weight is 472 g/mol. The number of thiophene rings is 1. The van der Waals surface area contributed by atoms with E-state index < -0.39 is 0 Å². The Balaban J connectivity index is 1.12. The van der Waals surface area contributed by atoms with Gasteiger partial charge in [-0.25, -0.2) is 0 Å². The van der Waals surface area contributed by atoms with Gasteiger partial charge in [-0.1, -0.05) is 19.3 Å². The molecule has 1 aliphatic carbocycles. The van der Waals surface area contributed by atoms with Crippen molar-refractivity contribution in [1.82, 2.24) is 14.7 Å². The second-order valence-electron chi connectivity index (χ2n) is 10.8. The molecule has 4 fully saturated rings. The van der Waals surface area contributed by atoms with Gasteiger partial charge in [-0.05, 0) is 82.4 Å². The van der Waals surface area contributed by atoms with Crippen LogP contribution in [-0.4, -0.2) is 71.8 Å². The Labute approximate surface area is 203 Å². The number of fused-ring (bicyclic) bond motifs is 1. The molecule has 6 heteroatoms. The minimum absolute atomic E-state index is 0.263. The van der Waals surface area contributed by atoms with E-state index in [9.17, 15) is 9.59 Å². The first kappa shape index (κ1) is 23.3. The average Bonchev–Trinajstić information content (AvgIpc) is 3.38. The van der Waals surface area contributed by atoms with Gasteiger partial charge in [0.1, 0.15) is 0 Å². The van der Waals surface area contributed by atoms with Gasteiger partial charge in [0.05, 0.1) is 5.56 Å². The van der Waals surface area contributed by atoms with Crippen LogP contribution in [0.3, 0.4) is 0 Å². The largest absolute Gasteiger partial charge is 0.343 e. The number of rotatable bonds is 5. The summed E-state index contributed by atoms with van der Waals surface area (Å²) in [5, 5.41) is 2.10. The number of amides is 2. The van der Waals surface area contributed by atoms with E-state index in [1.807, 2.05) is 0 Å². The van der Waals surface area contributed by atoms with Gasteiger partial charge in [-0.2, -0.15) is 0 Å². The summed E-state index contributed by atoms with van der Waals surface area (Å²) in [7, 11) is 0. The fraction of sp³-hybridized carbons (Fsp3) is 0.778. The molecule has 0 unspecified atom stereocenters. The molecule has 4 heterocycles.